The van der Waals surface area contributed by atoms with Gasteiger partial charge in [0, 0.05) is 17.5 Å². The van der Waals surface area contributed by atoms with E-state index in [0.29, 0.717) is 10.8 Å². The van der Waals surface area contributed by atoms with Gasteiger partial charge in [-0.2, -0.15) is 0 Å². The number of carbonyl (C=O) groups excluding carboxylic acids is 1. The molecule has 3 aliphatic heterocycles. The highest BCUT2D eigenvalue weighted by Crippen LogP contribution is 2.35. The molecule has 1 aromatic heterocycles. The fourth-order valence-electron chi connectivity index (χ4n) is 3.52. The average molecular weight is 397 g/mol. The van der Waals surface area contributed by atoms with Gasteiger partial charge in [0.05, 0.1) is 14.1 Å². The number of fused-ring (bicyclic) bond motifs is 3. The standard InChI is InChI=1S/C18H18ClFN2OS2/c19-13-9-12(1-2-14(13)20)24-17-4-3-16(25-17)18(23)21-15-10-22-7-5-11(15)6-8-22/h1-4,9,11,15H,5-8,10H2,(H,21,23). The molecule has 1 atom stereocenters. The van der Waals surface area contributed by atoms with Gasteiger partial charge in [-0.3, -0.25) is 4.79 Å². The second-order valence-corrected chi connectivity index (χ2v) is 9.38. The number of piperidine rings is 3. The van der Waals surface area contributed by atoms with Crippen LogP contribution in [0.25, 0.3) is 0 Å². The summed E-state index contributed by atoms with van der Waals surface area (Å²) in [6.07, 6.45) is 2.36. The number of hydrogen-bond donors (Lipinski definition) is 1. The minimum atomic E-state index is -0.421. The molecule has 25 heavy (non-hydrogen) atoms. The lowest BCUT2D eigenvalue weighted by Crippen LogP contribution is -2.57. The van der Waals surface area contributed by atoms with Crippen molar-refractivity contribution in [3.05, 3.63) is 46.0 Å². The molecule has 2 bridgehead atoms. The molecule has 1 aromatic carbocycles. The smallest absolute Gasteiger partial charge is 0.261 e. The van der Waals surface area contributed by atoms with E-state index in [2.05, 4.69) is 10.2 Å². The van der Waals surface area contributed by atoms with Gasteiger partial charge in [0.25, 0.3) is 5.91 Å². The Morgan fingerprint density at radius 2 is 2.08 bits per heavy atom. The predicted octanol–water partition coefficient (Wildman–Crippen LogP) is 4.52. The van der Waals surface area contributed by atoms with E-state index in [9.17, 15) is 9.18 Å². The summed E-state index contributed by atoms with van der Waals surface area (Å²) in [5, 5.41) is 3.32. The summed E-state index contributed by atoms with van der Waals surface area (Å²) < 4.78 is 14.2. The number of amides is 1. The zero-order valence-corrected chi connectivity index (χ0v) is 15.9. The van der Waals surface area contributed by atoms with Crippen molar-refractivity contribution in [3.63, 3.8) is 0 Å². The minimum absolute atomic E-state index is 0.00717. The third kappa shape index (κ3) is 3.87. The molecule has 7 heteroatoms. The molecule has 3 aliphatic rings. The Balaban J connectivity index is 1.40. The molecule has 3 saturated heterocycles. The van der Waals surface area contributed by atoms with Crippen LogP contribution in [-0.4, -0.2) is 36.5 Å². The van der Waals surface area contributed by atoms with Crippen molar-refractivity contribution in [3.8, 4) is 0 Å². The normalized spacial score (nSPS) is 25.1. The zero-order valence-electron chi connectivity index (χ0n) is 13.5. The van der Waals surface area contributed by atoms with Gasteiger partial charge in [-0.1, -0.05) is 23.4 Å². The second kappa shape index (κ2) is 7.27. The van der Waals surface area contributed by atoms with Crippen LogP contribution in [0.2, 0.25) is 5.02 Å². The van der Waals surface area contributed by atoms with Crippen LogP contribution in [0.1, 0.15) is 22.5 Å². The van der Waals surface area contributed by atoms with Gasteiger partial charge in [0.1, 0.15) is 5.82 Å². The van der Waals surface area contributed by atoms with Crippen molar-refractivity contribution < 1.29 is 9.18 Å². The maximum atomic E-state index is 13.2. The number of thiophene rings is 1. The summed E-state index contributed by atoms with van der Waals surface area (Å²) in [6.45, 7) is 3.30. The zero-order chi connectivity index (χ0) is 17.4. The molecular formula is C18H18ClFN2OS2. The summed E-state index contributed by atoms with van der Waals surface area (Å²) in [6, 6.07) is 8.71. The van der Waals surface area contributed by atoms with Crippen LogP contribution in [0.4, 0.5) is 4.39 Å². The van der Waals surface area contributed by atoms with E-state index in [4.69, 9.17) is 11.6 Å². The van der Waals surface area contributed by atoms with Crippen molar-refractivity contribution in [2.24, 2.45) is 5.92 Å². The molecule has 0 radical (unpaired) electrons. The topological polar surface area (TPSA) is 32.3 Å². The molecule has 4 heterocycles. The summed E-state index contributed by atoms with van der Waals surface area (Å²) in [4.78, 5) is 16.6. The van der Waals surface area contributed by atoms with E-state index in [1.165, 1.54) is 42.0 Å². The van der Waals surface area contributed by atoms with E-state index < -0.39 is 5.82 Å². The first-order valence-corrected chi connectivity index (χ1v) is 10.4. The van der Waals surface area contributed by atoms with E-state index in [1.54, 1.807) is 12.1 Å². The first-order valence-electron chi connectivity index (χ1n) is 8.34. The fraction of sp³-hybridized carbons (Fsp3) is 0.389. The van der Waals surface area contributed by atoms with Gasteiger partial charge in [-0.15, -0.1) is 11.3 Å². The largest absolute Gasteiger partial charge is 0.347 e. The van der Waals surface area contributed by atoms with Crippen LogP contribution < -0.4 is 5.32 Å². The van der Waals surface area contributed by atoms with Crippen LogP contribution in [0.15, 0.2) is 39.4 Å². The number of halogens is 2. The molecule has 0 saturated carbocycles. The van der Waals surface area contributed by atoms with Crippen molar-refractivity contribution in [1.82, 2.24) is 10.2 Å². The number of nitrogens with one attached hydrogen (secondary N) is 1. The highest BCUT2D eigenvalue weighted by molar-refractivity contribution is 8.01. The number of carbonyl (C=O) groups is 1. The number of rotatable bonds is 4. The molecule has 1 N–H and O–H groups in total. The van der Waals surface area contributed by atoms with E-state index in [0.717, 1.165) is 28.7 Å². The van der Waals surface area contributed by atoms with Gasteiger partial charge in [-0.25, -0.2) is 4.39 Å². The molecular weight excluding hydrogens is 379 g/mol. The maximum Gasteiger partial charge on any atom is 0.261 e. The molecule has 1 unspecified atom stereocenters. The van der Waals surface area contributed by atoms with E-state index >= 15 is 0 Å². The van der Waals surface area contributed by atoms with E-state index in [1.807, 2.05) is 12.1 Å². The average Bonchev–Trinajstić information content (AvgIpc) is 3.08. The Hall–Kier alpha value is -1.08. The Kier molecular flexibility index (Phi) is 5.04. The quantitative estimate of drug-likeness (QED) is 0.824. The first kappa shape index (κ1) is 17.3. The van der Waals surface area contributed by atoms with Crippen LogP contribution >= 0.6 is 34.7 Å². The molecule has 1 amide bonds. The fourth-order valence-corrected chi connectivity index (χ4v) is 5.81. The predicted molar refractivity (Wildman–Crippen MR) is 100 cm³/mol. The molecule has 0 spiro atoms. The second-order valence-electron chi connectivity index (χ2n) is 6.51. The first-order chi connectivity index (χ1) is 12.1. The Bertz CT molecular complexity index is 789. The van der Waals surface area contributed by atoms with E-state index in [-0.39, 0.29) is 17.0 Å². The van der Waals surface area contributed by atoms with Crippen LogP contribution in [0.3, 0.4) is 0 Å². The molecule has 132 valence electrons. The number of hydrogen-bond acceptors (Lipinski definition) is 4. The maximum absolute atomic E-state index is 13.2. The Labute approximate surface area is 159 Å². The number of nitrogens with zero attached hydrogens (tertiary/aromatic N) is 1. The van der Waals surface area contributed by atoms with Crippen molar-refractivity contribution in [2.45, 2.75) is 28.0 Å². The van der Waals surface area contributed by atoms with Crippen LogP contribution in [-0.2, 0) is 0 Å². The third-order valence-electron chi connectivity index (χ3n) is 4.89. The molecule has 5 rings (SSSR count). The minimum Gasteiger partial charge on any atom is -0.347 e. The SMILES string of the molecule is O=C(NC1CN2CCC1CC2)c1ccc(Sc2ccc(F)c(Cl)c2)s1. The summed E-state index contributed by atoms with van der Waals surface area (Å²) in [5.74, 6) is 0.201. The van der Waals surface area contributed by atoms with Gasteiger partial charge in [-0.05, 0) is 62.2 Å². The molecule has 3 fully saturated rings. The van der Waals surface area contributed by atoms with Crippen LogP contribution in [0, 0.1) is 11.7 Å². The molecule has 0 aliphatic carbocycles. The Morgan fingerprint density at radius 3 is 2.76 bits per heavy atom. The summed E-state index contributed by atoms with van der Waals surface area (Å²) >= 11 is 8.76. The van der Waals surface area contributed by atoms with Gasteiger partial charge in [0.2, 0.25) is 0 Å². The highest BCUT2D eigenvalue weighted by Gasteiger charge is 2.35. The lowest BCUT2D eigenvalue weighted by atomic mass is 9.84. The summed E-state index contributed by atoms with van der Waals surface area (Å²) in [7, 11) is 0. The lowest BCUT2D eigenvalue weighted by Gasteiger charge is -2.44. The molecule has 2 aromatic rings. The number of benzene rings is 1. The van der Waals surface area contributed by atoms with Gasteiger partial charge < -0.3 is 10.2 Å². The highest BCUT2D eigenvalue weighted by atomic mass is 35.5. The summed E-state index contributed by atoms with van der Waals surface area (Å²) in [5.41, 5.74) is 0. The van der Waals surface area contributed by atoms with Crippen LogP contribution in [0.5, 0.6) is 0 Å². The van der Waals surface area contributed by atoms with Gasteiger partial charge in [0.15, 0.2) is 0 Å². The molecule has 3 nitrogen and oxygen atoms in total. The third-order valence-corrected chi connectivity index (χ3v) is 7.38. The lowest BCUT2D eigenvalue weighted by molar-refractivity contribution is 0.0622. The monoisotopic (exact) mass is 396 g/mol. The van der Waals surface area contributed by atoms with Crippen molar-refractivity contribution >= 4 is 40.6 Å². The van der Waals surface area contributed by atoms with Crippen molar-refractivity contribution in [1.29, 1.82) is 0 Å². The van der Waals surface area contributed by atoms with Gasteiger partial charge >= 0.3 is 0 Å². The Morgan fingerprint density at radius 1 is 1.28 bits per heavy atom. The van der Waals surface area contributed by atoms with Crippen molar-refractivity contribution in [2.75, 3.05) is 19.6 Å².